The highest BCUT2D eigenvalue weighted by atomic mass is 35.5. The normalized spacial score (nSPS) is 22.9. The summed E-state index contributed by atoms with van der Waals surface area (Å²) in [5.74, 6) is 0.136. The molecule has 6 heteroatoms. The molecule has 0 radical (unpaired) electrons. The van der Waals surface area contributed by atoms with Crippen molar-refractivity contribution in [2.45, 2.75) is 38.4 Å². The number of hydrogen-bond acceptors (Lipinski definition) is 4. The van der Waals surface area contributed by atoms with E-state index in [1.807, 2.05) is 40.0 Å². The molecule has 0 spiro atoms. The lowest BCUT2D eigenvalue weighted by Gasteiger charge is -2.49. The molecule has 0 saturated carbocycles. The lowest BCUT2D eigenvalue weighted by Crippen LogP contribution is -2.64. The molecule has 0 aliphatic carbocycles. The summed E-state index contributed by atoms with van der Waals surface area (Å²) in [5.41, 5.74) is 5.65. The molecule has 1 fully saturated rings. The first-order valence-corrected chi connectivity index (χ1v) is 7.97. The van der Waals surface area contributed by atoms with Gasteiger partial charge in [-0.25, -0.2) is 0 Å². The highest BCUT2D eigenvalue weighted by molar-refractivity contribution is 7.16. The van der Waals surface area contributed by atoms with Crippen LogP contribution < -0.4 is 5.73 Å². The molecule has 2 rings (SSSR count). The van der Waals surface area contributed by atoms with Crippen LogP contribution in [-0.4, -0.2) is 47.4 Å². The van der Waals surface area contributed by atoms with Gasteiger partial charge >= 0.3 is 0 Å². The van der Waals surface area contributed by atoms with Crippen LogP contribution in [-0.2, 0) is 4.79 Å². The lowest BCUT2D eigenvalue weighted by atomic mass is 9.92. The van der Waals surface area contributed by atoms with Crippen LogP contribution >= 0.6 is 22.9 Å². The van der Waals surface area contributed by atoms with Gasteiger partial charge in [0.2, 0.25) is 5.91 Å². The highest BCUT2D eigenvalue weighted by Crippen LogP contribution is 2.37. The first-order chi connectivity index (χ1) is 9.25. The van der Waals surface area contributed by atoms with Crippen molar-refractivity contribution in [1.82, 2.24) is 9.80 Å². The van der Waals surface area contributed by atoms with Gasteiger partial charge in [0.25, 0.3) is 0 Å². The van der Waals surface area contributed by atoms with Crippen LogP contribution in [0.1, 0.15) is 31.7 Å². The van der Waals surface area contributed by atoms with Gasteiger partial charge in [0.05, 0.1) is 15.9 Å². The van der Waals surface area contributed by atoms with E-state index in [0.29, 0.717) is 0 Å². The third-order valence-electron chi connectivity index (χ3n) is 3.98. The van der Waals surface area contributed by atoms with Crippen LogP contribution in [0.3, 0.4) is 0 Å². The topological polar surface area (TPSA) is 49.6 Å². The fraction of sp³-hybridized carbons (Fsp3) is 0.643. The van der Waals surface area contributed by atoms with Crippen molar-refractivity contribution >= 4 is 28.8 Å². The maximum atomic E-state index is 12.4. The van der Waals surface area contributed by atoms with E-state index in [2.05, 4.69) is 4.90 Å². The summed E-state index contributed by atoms with van der Waals surface area (Å²) in [7, 11) is 1.85. The molecule has 1 aromatic heterocycles. The van der Waals surface area contributed by atoms with Gasteiger partial charge in [0.15, 0.2) is 0 Å². The first-order valence-electron chi connectivity index (χ1n) is 6.78. The molecular weight excluding hydrogens is 294 g/mol. The second-order valence-electron chi connectivity index (χ2n) is 5.92. The molecule has 1 aliphatic heterocycles. The Balaban J connectivity index is 2.37. The second kappa shape index (κ2) is 5.64. The molecule has 1 saturated heterocycles. The zero-order chi connectivity index (χ0) is 15.1. The van der Waals surface area contributed by atoms with E-state index in [1.54, 1.807) is 4.90 Å². The van der Waals surface area contributed by atoms with Crippen LogP contribution in [0.4, 0.5) is 0 Å². The molecule has 0 bridgehead atoms. The van der Waals surface area contributed by atoms with E-state index < -0.39 is 5.54 Å². The zero-order valence-corrected chi connectivity index (χ0v) is 14.0. The van der Waals surface area contributed by atoms with Crippen molar-refractivity contribution in [1.29, 1.82) is 0 Å². The van der Waals surface area contributed by atoms with E-state index in [1.165, 1.54) is 11.3 Å². The van der Waals surface area contributed by atoms with E-state index in [0.717, 1.165) is 22.3 Å². The van der Waals surface area contributed by atoms with Gasteiger partial charge in [0, 0.05) is 31.1 Å². The molecule has 1 aromatic rings. The Kier molecular flexibility index (Phi) is 4.44. The number of hydrogen-bond donors (Lipinski definition) is 1. The van der Waals surface area contributed by atoms with Crippen LogP contribution in [0.2, 0.25) is 4.34 Å². The number of halogens is 1. The van der Waals surface area contributed by atoms with Crippen molar-refractivity contribution in [3.63, 3.8) is 0 Å². The van der Waals surface area contributed by atoms with Crippen molar-refractivity contribution in [2.75, 3.05) is 20.1 Å². The minimum absolute atomic E-state index is 0.0140. The van der Waals surface area contributed by atoms with Crippen LogP contribution in [0, 0.1) is 0 Å². The van der Waals surface area contributed by atoms with E-state index in [-0.39, 0.29) is 18.0 Å². The number of amides is 1. The molecule has 2 heterocycles. The number of carbonyl (C=O) groups excluding carboxylic acids is 1. The maximum absolute atomic E-state index is 12.4. The van der Waals surface area contributed by atoms with Crippen LogP contribution in [0.25, 0.3) is 0 Å². The highest BCUT2D eigenvalue weighted by Gasteiger charge is 2.45. The average molecular weight is 316 g/mol. The van der Waals surface area contributed by atoms with Gasteiger partial charge in [-0.15, -0.1) is 11.3 Å². The molecular formula is C14H22ClN3OS. The van der Waals surface area contributed by atoms with E-state index in [9.17, 15) is 4.79 Å². The standard InChI is InChI=1S/C14H22ClN3OS/c1-9(16)12(10-5-6-11(15)20-10)18-8-7-17(4)13(19)14(18,2)3/h5-6,9,12H,7-8,16H2,1-4H3. The fourth-order valence-corrected chi connectivity index (χ4v) is 4.19. The third kappa shape index (κ3) is 2.72. The van der Waals surface area contributed by atoms with Gasteiger partial charge in [0.1, 0.15) is 0 Å². The SMILES string of the molecule is CC(N)C(c1ccc(Cl)s1)N1CCN(C)C(=O)C1(C)C. The van der Waals surface area contributed by atoms with Crippen molar-refractivity contribution in [2.24, 2.45) is 5.73 Å². The number of likely N-dealkylation sites (N-methyl/N-ethyl adjacent to an activating group) is 1. The van der Waals surface area contributed by atoms with Crippen LogP contribution in [0.15, 0.2) is 12.1 Å². The zero-order valence-electron chi connectivity index (χ0n) is 12.4. The smallest absolute Gasteiger partial charge is 0.242 e. The number of rotatable bonds is 3. The summed E-state index contributed by atoms with van der Waals surface area (Å²) in [6.07, 6.45) is 0. The third-order valence-corrected chi connectivity index (χ3v) is 5.29. The maximum Gasteiger partial charge on any atom is 0.242 e. The molecule has 0 aromatic carbocycles. The van der Waals surface area contributed by atoms with Crippen molar-refractivity contribution < 1.29 is 4.79 Å². The molecule has 1 amide bonds. The van der Waals surface area contributed by atoms with Crippen LogP contribution in [0.5, 0.6) is 0 Å². The van der Waals surface area contributed by atoms with E-state index in [4.69, 9.17) is 17.3 Å². The van der Waals surface area contributed by atoms with E-state index >= 15 is 0 Å². The van der Waals surface area contributed by atoms with Crippen molar-refractivity contribution in [3.05, 3.63) is 21.3 Å². The molecule has 2 unspecified atom stereocenters. The quantitative estimate of drug-likeness (QED) is 0.931. The molecule has 2 atom stereocenters. The summed E-state index contributed by atoms with van der Waals surface area (Å²) in [6.45, 7) is 7.46. The monoisotopic (exact) mass is 315 g/mol. The summed E-state index contributed by atoms with van der Waals surface area (Å²) in [5, 5.41) is 0. The summed E-state index contributed by atoms with van der Waals surface area (Å²) in [6, 6.07) is 3.85. The minimum atomic E-state index is -0.554. The Morgan fingerprint density at radius 3 is 2.55 bits per heavy atom. The number of nitrogens with two attached hydrogens (primary N) is 1. The predicted molar refractivity (Wildman–Crippen MR) is 84.1 cm³/mol. The van der Waals surface area contributed by atoms with Crippen molar-refractivity contribution in [3.8, 4) is 0 Å². The van der Waals surface area contributed by atoms with Gasteiger partial charge < -0.3 is 10.6 Å². The van der Waals surface area contributed by atoms with Gasteiger partial charge in [-0.2, -0.15) is 0 Å². The number of carbonyl (C=O) groups is 1. The minimum Gasteiger partial charge on any atom is -0.343 e. The lowest BCUT2D eigenvalue weighted by molar-refractivity contribution is -0.150. The molecule has 4 nitrogen and oxygen atoms in total. The van der Waals surface area contributed by atoms with Gasteiger partial charge in [-0.1, -0.05) is 11.6 Å². The van der Waals surface area contributed by atoms with Gasteiger partial charge in [-0.05, 0) is 32.9 Å². The fourth-order valence-electron chi connectivity index (χ4n) is 2.90. The number of thiophene rings is 1. The number of nitrogens with zero attached hydrogens (tertiary/aromatic N) is 2. The number of piperazine rings is 1. The molecule has 20 heavy (non-hydrogen) atoms. The molecule has 2 N–H and O–H groups in total. The Morgan fingerprint density at radius 2 is 2.05 bits per heavy atom. The Morgan fingerprint density at radius 1 is 1.40 bits per heavy atom. The Hall–Kier alpha value is -0.620. The predicted octanol–water partition coefficient (Wildman–Crippen LogP) is 2.34. The van der Waals surface area contributed by atoms with Gasteiger partial charge in [-0.3, -0.25) is 9.69 Å². The second-order valence-corrected chi connectivity index (χ2v) is 7.67. The summed E-state index contributed by atoms with van der Waals surface area (Å²) < 4.78 is 0.754. The molecule has 1 aliphatic rings. The Labute approximate surface area is 129 Å². The summed E-state index contributed by atoms with van der Waals surface area (Å²) >= 11 is 7.59. The Bertz CT molecular complexity index is 500. The summed E-state index contributed by atoms with van der Waals surface area (Å²) in [4.78, 5) is 17.6. The largest absolute Gasteiger partial charge is 0.343 e. The first kappa shape index (κ1) is 15.8. The average Bonchev–Trinajstić information content (AvgIpc) is 2.76. The molecule has 112 valence electrons.